The molecule has 0 unspecified atom stereocenters. The Kier molecular flexibility index (Phi) is 4.59. The fourth-order valence-electron chi connectivity index (χ4n) is 1.26. The summed E-state index contributed by atoms with van der Waals surface area (Å²) in [6, 6.07) is 2.95. The van der Waals surface area contributed by atoms with Crippen LogP contribution in [0.15, 0.2) is 12.1 Å². The Morgan fingerprint density at radius 2 is 2.05 bits per heavy atom. The van der Waals surface area contributed by atoms with E-state index < -0.39 is 20.6 Å². The van der Waals surface area contributed by atoms with Crippen LogP contribution in [0, 0.1) is 0 Å². The monoisotopic (exact) mass is 301 g/mol. The second-order valence-electron chi connectivity index (χ2n) is 5.01. The molecule has 1 rings (SSSR count). The van der Waals surface area contributed by atoms with Gasteiger partial charge in [0.25, 0.3) is 0 Å². The van der Waals surface area contributed by atoms with Gasteiger partial charge in [-0.05, 0) is 26.0 Å². The number of methoxy groups -OCH3 is 1. The molecule has 0 aliphatic heterocycles. The number of ether oxygens (including phenoxy) is 1. The second kappa shape index (κ2) is 5.66. The number of hydrogen-bond donors (Lipinski definition) is 2. The highest BCUT2D eigenvalue weighted by Gasteiger charge is 2.30. The Bertz CT molecular complexity index is 611. The Hall–Kier alpha value is -1.83. The molecule has 1 heterocycles. The maximum Gasteiger partial charge on any atom is 0.356 e. The Balaban J connectivity index is 2.96. The van der Waals surface area contributed by atoms with E-state index in [2.05, 4.69) is 15.0 Å². The van der Waals surface area contributed by atoms with E-state index in [4.69, 9.17) is 5.73 Å². The number of carbonyl (C=O) groups is 1. The zero-order valence-corrected chi connectivity index (χ0v) is 12.7. The third kappa shape index (κ3) is 3.60. The number of sulfone groups is 1. The average Bonchev–Trinajstić information content (AvgIpc) is 2.35. The number of esters is 1. The van der Waals surface area contributed by atoms with Gasteiger partial charge in [-0.1, -0.05) is 0 Å². The molecule has 112 valence electrons. The summed E-state index contributed by atoms with van der Waals surface area (Å²) in [6.45, 7) is 3.30. The number of anilines is 2. The van der Waals surface area contributed by atoms with E-state index in [1.165, 1.54) is 19.2 Å². The molecule has 0 saturated carbocycles. The molecule has 0 aliphatic carbocycles. The van der Waals surface area contributed by atoms with Gasteiger partial charge in [0, 0.05) is 12.8 Å². The van der Waals surface area contributed by atoms with Crippen LogP contribution in [-0.4, -0.2) is 44.0 Å². The number of nitrogens with two attached hydrogens (primary N) is 1. The lowest BCUT2D eigenvalue weighted by Crippen LogP contribution is -2.38. The van der Waals surface area contributed by atoms with Gasteiger partial charge < -0.3 is 15.8 Å². The molecule has 8 heteroatoms. The highest BCUT2D eigenvalue weighted by molar-refractivity contribution is 7.92. The van der Waals surface area contributed by atoms with Crippen LogP contribution in [-0.2, 0) is 14.6 Å². The molecular weight excluding hydrogens is 282 g/mol. The molecule has 0 aromatic carbocycles. The molecule has 3 N–H and O–H groups in total. The second-order valence-corrected chi connectivity index (χ2v) is 7.66. The van der Waals surface area contributed by atoms with Crippen molar-refractivity contribution in [2.75, 3.05) is 31.0 Å². The number of nitrogen functional groups attached to an aromatic ring is 1. The van der Waals surface area contributed by atoms with Crippen LogP contribution < -0.4 is 11.1 Å². The van der Waals surface area contributed by atoms with Crippen molar-refractivity contribution in [3.63, 3.8) is 0 Å². The molecular formula is C12H19N3O4S. The minimum Gasteiger partial charge on any atom is -0.464 e. The molecule has 20 heavy (non-hydrogen) atoms. The summed E-state index contributed by atoms with van der Waals surface area (Å²) in [4.78, 5) is 15.4. The van der Waals surface area contributed by atoms with Crippen molar-refractivity contribution in [3.05, 3.63) is 17.8 Å². The SMILES string of the molecule is COC(=O)c1ccc(N)c(NCC(C)(C)S(C)(=O)=O)n1. The van der Waals surface area contributed by atoms with Gasteiger partial charge in [-0.2, -0.15) is 0 Å². The molecule has 0 atom stereocenters. The standard InChI is InChI=1S/C12H19N3O4S/c1-12(2,20(4,17)18)7-14-10-8(13)5-6-9(15-10)11(16)19-3/h5-6H,7,13H2,1-4H3,(H,14,15). The first-order valence-electron chi connectivity index (χ1n) is 5.87. The van der Waals surface area contributed by atoms with Crippen LogP contribution in [0.4, 0.5) is 11.5 Å². The number of aromatic nitrogens is 1. The molecule has 0 aliphatic rings. The van der Waals surface area contributed by atoms with Gasteiger partial charge in [0.05, 0.1) is 17.5 Å². The maximum atomic E-state index is 11.6. The van der Waals surface area contributed by atoms with E-state index in [9.17, 15) is 13.2 Å². The molecule has 0 amide bonds. The van der Waals surface area contributed by atoms with Gasteiger partial charge in [0.15, 0.2) is 15.5 Å². The van der Waals surface area contributed by atoms with Gasteiger partial charge in [0.1, 0.15) is 5.82 Å². The molecule has 0 fully saturated rings. The first-order valence-corrected chi connectivity index (χ1v) is 7.76. The Morgan fingerprint density at radius 1 is 1.45 bits per heavy atom. The van der Waals surface area contributed by atoms with Crippen molar-refractivity contribution < 1.29 is 17.9 Å². The Morgan fingerprint density at radius 3 is 2.55 bits per heavy atom. The third-order valence-electron chi connectivity index (χ3n) is 3.01. The smallest absolute Gasteiger partial charge is 0.356 e. The van der Waals surface area contributed by atoms with Crippen molar-refractivity contribution in [2.45, 2.75) is 18.6 Å². The topological polar surface area (TPSA) is 111 Å². The first-order chi connectivity index (χ1) is 9.08. The van der Waals surface area contributed by atoms with Gasteiger partial charge in [-0.3, -0.25) is 0 Å². The predicted molar refractivity (Wildman–Crippen MR) is 77.4 cm³/mol. The zero-order valence-electron chi connectivity index (χ0n) is 11.9. The number of carbonyl (C=O) groups excluding carboxylic acids is 1. The molecule has 1 aromatic rings. The highest BCUT2D eigenvalue weighted by atomic mass is 32.2. The van der Waals surface area contributed by atoms with Gasteiger partial charge in [0.2, 0.25) is 0 Å². The van der Waals surface area contributed by atoms with Crippen LogP contribution in [0.2, 0.25) is 0 Å². The van der Waals surface area contributed by atoms with Crippen molar-refractivity contribution in [3.8, 4) is 0 Å². The van der Waals surface area contributed by atoms with Crippen molar-refractivity contribution in [1.29, 1.82) is 0 Å². The van der Waals surface area contributed by atoms with E-state index >= 15 is 0 Å². The lowest BCUT2D eigenvalue weighted by molar-refractivity contribution is 0.0594. The minimum absolute atomic E-state index is 0.0985. The van der Waals surface area contributed by atoms with E-state index in [0.717, 1.165) is 6.26 Å². The van der Waals surface area contributed by atoms with E-state index in [1.807, 2.05) is 0 Å². The summed E-state index contributed by atoms with van der Waals surface area (Å²) in [6.07, 6.45) is 1.16. The summed E-state index contributed by atoms with van der Waals surface area (Å²) in [5.74, 6) is -0.333. The highest BCUT2D eigenvalue weighted by Crippen LogP contribution is 2.20. The average molecular weight is 301 g/mol. The van der Waals surface area contributed by atoms with Gasteiger partial charge in [-0.15, -0.1) is 0 Å². The van der Waals surface area contributed by atoms with Crippen LogP contribution in [0.1, 0.15) is 24.3 Å². The normalized spacial score (nSPS) is 12.0. The molecule has 7 nitrogen and oxygen atoms in total. The summed E-state index contributed by atoms with van der Waals surface area (Å²) >= 11 is 0. The van der Waals surface area contributed by atoms with Crippen LogP contribution in [0.5, 0.6) is 0 Å². The number of nitrogens with one attached hydrogen (secondary N) is 1. The summed E-state index contributed by atoms with van der Waals surface area (Å²) in [7, 11) is -1.99. The number of rotatable bonds is 5. The van der Waals surface area contributed by atoms with Crippen molar-refractivity contribution >= 4 is 27.3 Å². The summed E-state index contributed by atoms with van der Waals surface area (Å²) in [5, 5.41) is 2.86. The Labute approximate surface area is 118 Å². The maximum absolute atomic E-state index is 11.6. The van der Waals surface area contributed by atoms with E-state index in [1.54, 1.807) is 13.8 Å². The van der Waals surface area contributed by atoms with Crippen LogP contribution >= 0.6 is 0 Å². The lowest BCUT2D eigenvalue weighted by Gasteiger charge is -2.23. The molecule has 0 radical (unpaired) electrons. The first kappa shape index (κ1) is 16.2. The van der Waals surface area contributed by atoms with Crippen LogP contribution in [0.3, 0.4) is 0 Å². The number of pyridine rings is 1. The molecule has 0 saturated heterocycles. The largest absolute Gasteiger partial charge is 0.464 e. The fraction of sp³-hybridized carbons (Fsp3) is 0.500. The van der Waals surface area contributed by atoms with Gasteiger partial charge in [-0.25, -0.2) is 18.2 Å². The zero-order chi connectivity index (χ0) is 15.6. The fourth-order valence-corrected chi connectivity index (χ4v) is 1.59. The van der Waals surface area contributed by atoms with E-state index in [0.29, 0.717) is 5.69 Å². The van der Waals surface area contributed by atoms with Crippen LogP contribution in [0.25, 0.3) is 0 Å². The minimum atomic E-state index is -3.24. The predicted octanol–water partition coefficient (Wildman–Crippen LogP) is 0.685. The molecule has 0 spiro atoms. The van der Waals surface area contributed by atoms with Gasteiger partial charge >= 0.3 is 5.97 Å². The van der Waals surface area contributed by atoms with Crippen molar-refractivity contribution in [2.24, 2.45) is 0 Å². The lowest BCUT2D eigenvalue weighted by atomic mass is 10.2. The third-order valence-corrected chi connectivity index (χ3v) is 5.16. The summed E-state index contributed by atoms with van der Waals surface area (Å²) in [5.41, 5.74) is 6.16. The quantitative estimate of drug-likeness (QED) is 0.769. The number of hydrogen-bond acceptors (Lipinski definition) is 7. The number of nitrogens with zero attached hydrogens (tertiary/aromatic N) is 1. The van der Waals surface area contributed by atoms with E-state index in [-0.39, 0.29) is 18.1 Å². The van der Waals surface area contributed by atoms with Crippen molar-refractivity contribution in [1.82, 2.24) is 4.98 Å². The molecule has 1 aromatic heterocycles. The molecule has 0 bridgehead atoms. The summed E-state index contributed by atoms with van der Waals surface area (Å²) < 4.78 is 26.8.